The van der Waals surface area contributed by atoms with Gasteiger partial charge in [0.05, 0.1) is 36.5 Å². The van der Waals surface area contributed by atoms with Crippen LogP contribution < -0.4 is 0 Å². The minimum Gasteiger partial charge on any atom is -0.481 e. The molecule has 0 bridgehead atoms. The first kappa shape index (κ1) is 32.1. The summed E-state index contributed by atoms with van der Waals surface area (Å²) in [6, 6.07) is 26.2. The molecule has 0 radical (unpaired) electrons. The van der Waals surface area contributed by atoms with E-state index in [4.69, 9.17) is 14.2 Å². The third-order valence-electron chi connectivity index (χ3n) is 7.15. The van der Waals surface area contributed by atoms with Crippen LogP contribution in [0.4, 0.5) is 0 Å². The van der Waals surface area contributed by atoms with Gasteiger partial charge in [-0.15, -0.1) is 0 Å². The summed E-state index contributed by atoms with van der Waals surface area (Å²) < 4.78 is 16.4. The van der Waals surface area contributed by atoms with Crippen LogP contribution in [0.25, 0.3) is 0 Å². The molecule has 3 aromatic carbocycles. The second-order valence-electron chi connectivity index (χ2n) is 10.2. The Kier molecular flexibility index (Phi) is 13.3. The van der Waals surface area contributed by atoms with Gasteiger partial charge in [-0.3, -0.25) is 4.79 Å². The summed E-state index contributed by atoms with van der Waals surface area (Å²) in [5, 5.41) is 9.48. The fourth-order valence-corrected chi connectivity index (χ4v) is 4.93. The van der Waals surface area contributed by atoms with Gasteiger partial charge in [-0.1, -0.05) is 54.6 Å². The topological polar surface area (TPSA) is 116 Å². The maximum Gasteiger partial charge on any atom is 0.338 e. The van der Waals surface area contributed by atoms with Crippen molar-refractivity contribution >= 4 is 23.9 Å². The van der Waals surface area contributed by atoms with Crippen molar-refractivity contribution in [2.75, 3.05) is 19.8 Å². The molecule has 0 saturated carbocycles. The van der Waals surface area contributed by atoms with Crippen LogP contribution in [-0.2, 0) is 19.0 Å². The lowest BCUT2D eigenvalue weighted by Crippen LogP contribution is -2.25. The molecule has 8 nitrogen and oxygen atoms in total. The highest BCUT2D eigenvalue weighted by Gasteiger charge is 2.30. The van der Waals surface area contributed by atoms with Crippen molar-refractivity contribution in [2.24, 2.45) is 5.41 Å². The van der Waals surface area contributed by atoms with E-state index in [-0.39, 0.29) is 26.2 Å². The lowest BCUT2D eigenvalue weighted by atomic mass is 9.72. The van der Waals surface area contributed by atoms with Crippen LogP contribution in [0.1, 0.15) is 82.4 Å². The highest BCUT2D eigenvalue weighted by Crippen LogP contribution is 2.40. The first-order chi connectivity index (χ1) is 20.4. The van der Waals surface area contributed by atoms with Gasteiger partial charge in [-0.2, -0.15) is 0 Å². The minimum absolute atomic E-state index is 0.0303. The Morgan fingerprint density at radius 2 is 0.810 bits per heavy atom. The number of esters is 3. The molecule has 8 heteroatoms. The standard InChI is InChI=1S/C34H38O8/c35-30(36)19-23-34(20-10-24-40-31(37)27-13-4-1-5-14-27,21-11-25-41-32(38)28-15-6-2-7-16-28)22-12-26-42-33(39)29-17-8-3-9-18-29/h1-9,13-18H,10-12,19-26H2,(H,35,36). The predicted molar refractivity (Wildman–Crippen MR) is 157 cm³/mol. The molecule has 1 N–H and O–H groups in total. The van der Waals surface area contributed by atoms with Crippen LogP contribution >= 0.6 is 0 Å². The Morgan fingerprint density at radius 3 is 1.10 bits per heavy atom. The van der Waals surface area contributed by atoms with Gasteiger partial charge in [0.15, 0.2) is 0 Å². The molecule has 0 fully saturated rings. The van der Waals surface area contributed by atoms with Gasteiger partial charge in [0.2, 0.25) is 0 Å². The molecule has 0 aliphatic heterocycles. The van der Waals surface area contributed by atoms with E-state index < -0.39 is 29.3 Å². The number of carbonyl (C=O) groups excluding carboxylic acids is 3. The van der Waals surface area contributed by atoms with Gasteiger partial charge in [0, 0.05) is 6.42 Å². The van der Waals surface area contributed by atoms with E-state index in [0.717, 1.165) is 0 Å². The lowest BCUT2D eigenvalue weighted by Gasteiger charge is -2.34. The van der Waals surface area contributed by atoms with E-state index in [1.54, 1.807) is 72.8 Å². The van der Waals surface area contributed by atoms with Gasteiger partial charge >= 0.3 is 23.9 Å². The average Bonchev–Trinajstić information content (AvgIpc) is 3.03. The molecule has 0 aromatic heterocycles. The second kappa shape index (κ2) is 17.4. The minimum atomic E-state index is -0.902. The molecule has 0 saturated heterocycles. The number of benzene rings is 3. The van der Waals surface area contributed by atoms with Crippen LogP contribution in [0, 0.1) is 5.41 Å². The van der Waals surface area contributed by atoms with Gasteiger partial charge in [-0.25, -0.2) is 14.4 Å². The molecule has 0 unspecified atom stereocenters. The van der Waals surface area contributed by atoms with E-state index in [2.05, 4.69) is 0 Å². The zero-order valence-electron chi connectivity index (χ0n) is 23.7. The second-order valence-corrected chi connectivity index (χ2v) is 10.2. The number of carbonyl (C=O) groups is 4. The zero-order chi connectivity index (χ0) is 30.0. The molecule has 3 rings (SSSR count). The fourth-order valence-electron chi connectivity index (χ4n) is 4.93. The maximum atomic E-state index is 12.4. The number of ether oxygens (including phenoxy) is 3. The summed E-state index contributed by atoms with van der Waals surface area (Å²) in [4.78, 5) is 48.7. The Bertz CT molecular complexity index is 1110. The number of carboxylic acid groups (broad SMARTS) is 1. The quantitative estimate of drug-likeness (QED) is 0.101. The maximum absolute atomic E-state index is 12.4. The molecule has 0 atom stereocenters. The number of hydrogen-bond donors (Lipinski definition) is 1. The molecule has 0 aliphatic rings. The lowest BCUT2D eigenvalue weighted by molar-refractivity contribution is -0.137. The summed E-state index contributed by atoms with van der Waals surface area (Å²) in [7, 11) is 0. The summed E-state index contributed by atoms with van der Waals surface area (Å²) in [5.41, 5.74) is 0.968. The normalized spacial score (nSPS) is 11.0. The first-order valence-electron chi connectivity index (χ1n) is 14.3. The molecular weight excluding hydrogens is 536 g/mol. The Balaban J connectivity index is 1.60. The summed E-state index contributed by atoms with van der Waals surface area (Å²) in [6.45, 7) is 0.567. The van der Waals surface area contributed by atoms with Crippen LogP contribution in [0.2, 0.25) is 0 Å². The van der Waals surface area contributed by atoms with Crippen molar-refractivity contribution in [3.63, 3.8) is 0 Å². The van der Waals surface area contributed by atoms with Crippen molar-refractivity contribution < 1.29 is 38.5 Å². The number of aliphatic carboxylic acids is 1. The van der Waals surface area contributed by atoms with Gasteiger partial charge in [-0.05, 0) is 86.8 Å². The Hall–Kier alpha value is -4.46. The SMILES string of the molecule is O=C(O)CCC(CCCOC(=O)c1ccccc1)(CCCOC(=O)c1ccccc1)CCCOC(=O)c1ccccc1. The summed E-state index contributed by atoms with van der Waals surface area (Å²) in [5.74, 6) is -2.13. The predicted octanol–water partition coefficient (Wildman–Crippen LogP) is 6.75. The molecule has 0 heterocycles. The van der Waals surface area contributed by atoms with E-state index in [0.29, 0.717) is 61.6 Å². The van der Waals surface area contributed by atoms with E-state index in [1.807, 2.05) is 18.2 Å². The van der Waals surface area contributed by atoms with Crippen molar-refractivity contribution in [1.82, 2.24) is 0 Å². The molecule has 42 heavy (non-hydrogen) atoms. The highest BCUT2D eigenvalue weighted by atomic mass is 16.5. The van der Waals surface area contributed by atoms with E-state index in [9.17, 15) is 24.3 Å². The van der Waals surface area contributed by atoms with Crippen LogP contribution in [-0.4, -0.2) is 48.8 Å². The van der Waals surface area contributed by atoms with Gasteiger partial charge in [0.25, 0.3) is 0 Å². The van der Waals surface area contributed by atoms with Crippen LogP contribution in [0.5, 0.6) is 0 Å². The molecule has 0 aliphatic carbocycles. The Morgan fingerprint density at radius 1 is 0.500 bits per heavy atom. The first-order valence-corrected chi connectivity index (χ1v) is 14.3. The van der Waals surface area contributed by atoms with Crippen molar-refractivity contribution in [3.05, 3.63) is 108 Å². The number of rotatable bonds is 18. The molecule has 3 aromatic rings. The third-order valence-corrected chi connectivity index (χ3v) is 7.15. The average molecular weight is 575 g/mol. The largest absolute Gasteiger partial charge is 0.481 e. The number of carboxylic acids is 1. The molecule has 0 spiro atoms. The summed E-state index contributed by atoms with van der Waals surface area (Å²) in [6.07, 6.45) is 3.76. The van der Waals surface area contributed by atoms with Crippen molar-refractivity contribution in [3.8, 4) is 0 Å². The van der Waals surface area contributed by atoms with E-state index in [1.165, 1.54) is 0 Å². The molecular formula is C34H38O8. The molecule has 0 amide bonds. The van der Waals surface area contributed by atoms with Crippen molar-refractivity contribution in [1.29, 1.82) is 0 Å². The third kappa shape index (κ3) is 11.2. The molecule has 222 valence electrons. The van der Waals surface area contributed by atoms with Gasteiger partial charge in [0.1, 0.15) is 0 Å². The van der Waals surface area contributed by atoms with Crippen LogP contribution in [0.15, 0.2) is 91.0 Å². The number of hydrogen-bond acceptors (Lipinski definition) is 7. The Labute approximate surface area is 246 Å². The monoisotopic (exact) mass is 574 g/mol. The highest BCUT2D eigenvalue weighted by molar-refractivity contribution is 5.90. The van der Waals surface area contributed by atoms with Crippen LogP contribution in [0.3, 0.4) is 0 Å². The van der Waals surface area contributed by atoms with E-state index >= 15 is 0 Å². The van der Waals surface area contributed by atoms with Crippen molar-refractivity contribution in [2.45, 2.75) is 51.4 Å². The van der Waals surface area contributed by atoms with Gasteiger partial charge < -0.3 is 19.3 Å². The fraction of sp³-hybridized carbons (Fsp3) is 0.353. The summed E-state index contributed by atoms with van der Waals surface area (Å²) >= 11 is 0. The smallest absolute Gasteiger partial charge is 0.338 e. The zero-order valence-corrected chi connectivity index (χ0v) is 23.7.